The molecule has 0 saturated carbocycles. The maximum absolute atomic E-state index is 12.2. The molecule has 7 heteroatoms. The maximum Gasteiger partial charge on any atom is 0.331 e. The highest BCUT2D eigenvalue weighted by molar-refractivity contribution is 5.96. The van der Waals surface area contributed by atoms with Gasteiger partial charge in [0.2, 0.25) is 0 Å². The Balaban J connectivity index is 1.91. The van der Waals surface area contributed by atoms with Crippen molar-refractivity contribution in [3.8, 4) is 0 Å². The third kappa shape index (κ3) is 6.05. The van der Waals surface area contributed by atoms with Gasteiger partial charge < -0.3 is 10.1 Å². The smallest absolute Gasteiger partial charge is 0.331 e. The highest BCUT2D eigenvalue weighted by Gasteiger charge is 2.17. The Labute approximate surface area is 163 Å². The summed E-state index contributed by atoms with van der Waals surface area (Å²) in [6.07, 6.45) is 1.53. The third-order valence-electron chi connectivity index (χ3n) is 4.00. The Hall–Kier alpha value is -3.48. The number of rotatable bonds is 7. The van der Waals surface area contributed by atoms with E-state index in [0.717, 1.165) is 11.6 Å². The SMILES string of the molecule is CC(C)c1ccc(NC(=O)[C@@H](C)OC(=O)/C=C/c2cccc([N+](=O)[O-])c2)cc1. The number of benzene rings is 2. The van der Waals surface area contributed by atoms with Crippen LogP contribution < -0.4 is 5.32 Å². The van der Waals surface area contributed by atoms with Crippen LogP contribution in [0, 0.1) is 10.1 Å². The fourth-order valence-electron chi connectivity index (χ4n) is 2.37. The minimum Gasteiger partial charge on any atom is -0.449 e. The number of ether oxygens (including phenoxy) is 1. The molecule has 0 unspecified atom stereocenters. The summed E-state index contributed by atoms with van der Waals surface area (Å²) in [6.45, 7) is 5.63. The van der Waals surface area contributed by atoms with Crippen LogP contribution in [0.4, 0.5) is 11.4 Å². The van der Waals surface area contributed by atoms with Crippen molar-refractivity contribution < 1.29 is 19.2 Å². The lowest BCUT2D eigenvalue weighted by Gasteiger charge is -2.13. The van der Waals surface area contributed by atoms with Crippen molar-refractivity contribution in [2.24, 2.45) is 0 Å². The standard InChI is InChI=1S/C21H22N2O5/c1-14(2)17-8-10-18(11-9-17)22-21(25)15(3)28-20(24)12-7-16-5-4-6-19(13-16)23(26)27/h4-15H,1-3H3,(H,22,25)/b12-7+/t15-/m1/s1. The summed E-state index contributed by atoms with van der Waals surface area (Å²) in [5.41, 5.74) is 2.17. The molecule has 2 rings (SSSR count). The Morgan fingerprint density at radius 3 is 2.39 bits per heavy atom. The lowest BCUT2D eigenvalue weighted by atomic mass is 10.0. The number of esters is 1. The number of non-ortho nitro benzene ring substituents is 1. The van der Waals surface area contributed by atoms with Crippen LogP contribution in [0.5, 0.6) is 0 Å². The number of nitro benzene ring substituents is 1. The molecule has 1 amide bonds. The predicted molar refractivity (Wildman–Crippen MR) is 107 cm³/mol. The van der Waals surface area contributed by atoms with E-state index in [2.05, 4.69) is 19.2 Å². The highest BCUT2D eigenvalue weighted by atomic mass is 16.6. The Morgan fingerprint density at radius 1 is 1.11 bits per heavy atom. The van der Waals surface area contributed by atoms with Gasteiger partial charge >= 0.3 is 5.97 Å². The number of anilines is 1. The summed E-state index contributed by atoms with van der Waals surface area (Å²) < 4.78 is 5.07. The number of nitrogens with one attached hydrogen (secondary N) is 1. The lowest BCUT2D eigenvalue weighted by molar-refractivity contribution is -0.384. The van der Waals surface area contributed by atoms with Crippen LogP contribution in [0.2, 0.25) is 0 Å². The van der Waals surface area contributed by atoms with Gasteiger partial charge in [-0.25, -0.2) is 4.79 Å². The number of nitrogens with zero attached hydrogens (tertiary/aromatic N) is 1. The van der Waals surface area contributed by atoms with Crippen molar-refractivity contribution in [2.75, 3.05) is 5.32 Å². The molecular formula is C21H22N2O5. The molecule has 0 bridgehead atoms. The van der Waals surface area contributed by atoms with Gasteiger partial charge in [-0.05, 0) is 42.2 Å². The Morgan fingerprint density at radius 2 is 1.79 bits per heavy atom. The minimum atomic E-state index is -0.993. The molecule has 1 N–H and O–H groups in total. The third-order valence-corrected chi connectivity index (χ3v) is 4.00. The van der Waals surface area contributed by atoms with E-state index in [-0.39, 0.29) is 5.69 Å². The molecule has 0 aliphatic rings. The molecule has 2 aromatic rings. The van der Waals surface area contributed by atoms with Gasteiger partial charge in [0.1, 0.15) is 0 Å². The fourth-order valence-corrected chi connectivity index (χ4v) is 2.37. The largest absolute Gasteiger partial charge is 0.449 e. The normalized spacial score (nSPS) is 12.0. The van der Waals surface area contributed by atoms with Gasteiger partial charge in [0.15, 0.2) is 6.10 Å². The van der Waals surface area contributed by atoms with Gasteiger partial charge in [-0.15, -0.1) is 0 Å². The van der Waals surface area contributed by atoms with E-state index in [1.807, 2.05) is 12.1 Å². The maximum atomic E-state index is 12.2. The molecule has 0 spiro atoms. The van der Waals surface area contributed by atoms with Crippen molar-refractivity contribution in [2.45, 2.75) is 32.8 Å². The number of carbonyl (C=O) groups is 2. The van der Waals surface area contributed by atoms with Gasteiger partial charge in [0, 0.05) is 23.9 Å². The Kier molecular flexibility index (Phi) is 7.03. The first kappa shape index (κ1) is 20.8. The summed E-state index contributed by atoms with van der Waals surface area (Å²) in [6, 6.07) is 13.3. The van der Waals surface area contributed by atoms with E-state index in [0.29, 0.717) is 17.2 Å². The van der Waals surface area contributed by atoms with E-state index >= 15 is 0 Å². The summed E-state index contributed by atoms with van der Waals surface area (Å²) in [7, 11) is 0. The molecule has 28 heavy (non-hydrogen) atoms. The van der Waals surface area contributed by atoms with Crippen molar-refractivity contribution in [1.29, 1.82) is 0 Å². The van der Waals surface area contributed by atoms with Gasteiger partial charge in [0.05, 0.1) is 4.92 Å². The molecule has 146 valence electrons. The van der Waals surface area contributed by atoms with Crippen LogP contribution in [0.1, 0.15) is 37.8 Å². The topological polar surface area (TPSA) is 98.5 Å². The zero-order valence-corrected chi connectivity index (χ0v) is 15.9. The van der Waals surface area contributed by atoms with Crippen LogP contribution in [0.25, 0.3) is 6.08 Å². The van der Waals surface area contributed by atoms with Crippen molar-refractivity contribution in [3.05, 3.63) is 75.8 Å². The summed E-state index contributed by atoms with van der Waals surface area (Å²) >= 11 is 0. The first-order valence-electron chi connectivity index (χ1n) is 8.80. The van der Waals surface area contributed by atoms with Gasteiger partial charge in [-0.2, -0.15) is 0 Å². The molecule has 0 heterocycles. The van der Waals surface area contributed by atoms with E-state index in [9.17, 15) is 19.7 Å². The van der Waals surface area contributed by atoms with Crippen LogP contribution in [0.3, 0.4) is 0 Å². The van der Waals surface area contributed by atoms with E-state index in [4.69, 9.17) is 4.74 Å². The van der Waals surface area contributed by atoms with Crippen LogP contribution >= 0.6 is 0 Å². The lowest BCUT2D eigenvalue weighted by Crippen LogP contribution is -2.29. The van der Waals surface area contributed by atoms with Crippen molar-refractivity contribution >= 4 is 29.3 Å². The molecule has 0 fully saturated rings. The Bertz CT molecular complexity index is 888. The highest BCUT2D eigenvalue weighted by Crippen LogP contribution is 2.17. The number of amides is 1. The van der Waals surface area contributed by atoms with Crippen molar-refractivity contribution in [3.63, 3.8) is 0 Å². The van der Waals surface area contributed by atoms with Gasteiger partial charge in [-0.3, -0.25) is 14.9 Å². The van der Waals surface area contributed by atoms with E-state index < -0.39 is 22.9 Å². The summed E-state index contributed by atoms with van der Waals surface area (Å²) in [5, 5.41) is 13.5. The van der Waals surface area contributed by atoms with Gasteiger partial charge in [-0.1, -0.05) is 38.1 Å². The number of nitro groups is 1. The van der Waals surface area contributed by atoms with Crippen LogP contribution in [0.15, 0.2) is 54.6 Å². The molecule has 0 radical (unpaired) electrons. The van der Waals surface area contributed by atoms with Crippen molar-refractivity contribution in [1.82, 2.24) is 0 Å². The monoisotopic (exact) mass is 382 g/mol. The quantitative estimate of drug-likeness (QED) is 0.333. The predicted octanol–water partition coefficient (Wildman–Crippen LogP) is 4.30. The van der Waals surface area contributed by atoms with E-state index in [1.165, 1.54) is 31.2 Å². The fraction of sp³-hybridized carbons (Fsp3) is 0.238. The number of hydrogen-bond donors (Lipinski definition) is 1. The second kappa shape index (κ2) is 9.45. The summed E-state index contributed by atoms with van der Waals surface area (Å²) in [4.78, 5) is 34.3. The average Bonchev–Trinajstić information content (AvgIpc) is 2.67. The molecule has 7 nitrogen and oxygen atoms in total. The molecule has 0 aromatic heterocycles. The molecule has 0 aliphatic carbocycles. The number of hydrogen-bond acceptors (Lipinski definition) is 5. The summed E-state index contributed by atoms with van der Waals surface area (Å²) in [5.74, 6) is -0.777. The van der Waals surface area contributed by atoms with Crippen LogP contribution in [-0.2, 0) is 14.3 Å². The molecule has 1 atom stereocenters. The molecular weight excluding hydrogens is 360 g/mol. The zero-order valence-electron chi connectivity index (χ0n) is 15.9. The second-order valence-electron chi connectivity index (χ2n) is 6.53. The molecule has 2 aromatic carbocycles. The first-order chi connectivity index (χ1) is 13.3. The van der Waals surface area contributed by atoms with Gasteiger partial charge in [0.25, 0.3) is 11.6 Å². The molecule has 0 saturated heterocycles. The second-order valence-corrected chi connectivity index (χ2v) is 6.53. The number of carbonyl (C=O) groups excluding carboxylic acids is 2. The zero-order chi connectivity index (χ0) is 20.7. The van der Waals surface area contributed by atoms with E-state index in [1.54, 1.807) is 18.2 Å². The first-order valence-corrected chi connectivity index (χ1v) is 8.80. The van der Waals surface area contributed by atoms with Crippen LogP contribution in [-0.4, -0.2) is 22.9 Å². The minimum absolute atomic E-state index is 0.0771. The molecule has 0 aliphatic heterocycles. The average molecular weight is 382 g/mol.